The number of hydrogen-bond acceptors (Lipinski definition) is 8. The number of rotatable bonds is 73. The molecule has 0 spiro atoms. The van der Waals surface area contributed by atoms with E-state index in [2.05, 4.69) is 233 Å². The number of ether oxygens (including phenoxy) is 4. The minimum Gasteiger partial charge on any atom is -0.545 e. The van der Waals surface area contributed by atoms with Gasteiger partial charge in [0.05, 0.1) is 40.3 Å². The molecule has 9 nitrogen and oxygen atoms in total. The molecule has 0 aromatic heterocycles. The van der Waals surface area contributed by atoms with Crippen molar-refractivity contribution in [2.24, 2.45) is 0 Å². The lowest BCUT2D eigenvalue weighted by molar-refractivity contribution is -0.870. The van der Waals surface area contributed by atoms with Gasteiger partial charge in [0.1, 0.15) is 13.2 Å². The Morgan fingerprint density at radius 3 is 0.777 bits per heavy atom. The molecule has 0 aliphatic carbocycles. The van der Waals surface area contributed by atoms with Crippen LogP contribution in [-0.4, -0.2) is 82.3 Å². The maximum Gasteiger partial charge on any atom is 0.306 e. The normalized spacial score (nSPS) is 13.8. The molecule has 2 unspecified atom stereocenters. The highest BCUT2D eigenvalue weighted by Crippen LogP contribution is 2.17. The van der Waals surface area contributed by atoms with E-state index in [-0.39, 0.29) is 38.6 Å². The van der Waals surface area contributed by atoms with Gasteiger partial charge in [-0.25, -0.2) is 0 Å². The average Bonchev–Trinajstić information content (AvgIpc) is 1.01. The van der Waals surface area contributed by atoms with Gasteiger partial charge in [0, 0.05) is 12.8 Å². The number of allylic oxidation sites excluding steroid dienone is 36. The first-order valence-corrected chi connectivity index (χ1v) is 40.9. The molecule has 2 atom stereocenters. The lowest BCUT2D eigenvalue weighted by Crippen LogP contribution is -2.44. The molecule has 0 amide bonds. The summed E-state index contributed by atoms with van der Waals surface area (Å²) in [5, 5.41) is 11.9. The lowest BCUT2D eigenvalue weighted by atomic mass is 10.0. The Hall–Kier alpha value is -6.39. The Morgan fingerprint density at radius 1 is 0.291 bits per heavy atom. The number of nitrogens with zero attached hydrogens (tertiary/aromatic N) is 1. The number of likely N-dealkylation sites (N-methyl/N-ethyl adjacent to an activating group) is 1. The first-order chi connectivity index (χ1) is 50.6. The SMILES string of the molecule is CC/C=C\C/C=C\C/C=C\C/C=C\C/C=C\C/C=C\C/C=C\C/C=C\C/C=C\C/C=C\C/C=C\C/C=C\CCCCCCC(=O)OC(COC(=O)CCCCCCCCCCCCCCCCCCCC/C=C\C/C=C\C/C=C\C/C=C\C/C=C\C/C=C\CC)COC(OCC[N+](C)(C)C)C(=O)[O-]. The van der Waals surface area contributed by atoms with Crippen molar-refractivity contribution in [2.75, 3.05) is 47.5 Å². The summed E-state index contributed by atoms with van der Waals surface area (Å²) in [6.45, 7) is 4.48. The van der Waals surface area contributed by atoms with Gasteiger partial charge in [-0.1, -0.05) is 348 Å². The second-order valence-electron chi connectivity index (χ2n) is 27.6. The van der Waals surface area contributed by atoms with Gasteiger partial charge in [0.15, 0.2) is 12.4 Å². The Labute approximate surface area is 632 Å². The summed E-state index contributed by atoms with van der Waals surface area (Å²) in [6.07, 6.45) is 125. The Bertz CT molecular complexity index is 2510. The molecule has 103 heavy (non-hydrogen) atoms. The molecule has 0 saturated heterocycles. The van der Waals surface area contributed by atoms with Crippen LogP contribution in [0, 0.1) is 0 Å². The van der Waals surface area contributed by atoms with E-state index in [1.165, 1.54) is 103 Å². The largest absolute Gasteiger partial charge is 0.545 e. The summed E-state index contributed by atoms with van der Waals surface area (Å²) >= 11 is 0. The van der Waals surface area contributed by atoms with E-state index in [1.807, 2.05) is 21.1 Å². The Kier molecular flexibility index (Phi) is 76.2. The molecule has 0 N–H and O–H groups in total. The van der Waals surface area contributed by atoms with Gasteiger partial charge in [-0.15, -0.1) is 0 Å². The van der Waals surface area contributed by atoms with Crippen molar-refractivity contribution in [3.8, 4) is 0 Å². The van der Waals surface area contributed by atoms with Crippen molar-refractivity contribution >= 4 is 17.9 Å². The number of unbranched alkanes of at least 4 members (excludes halogenated alkanes) is 22. The van der Waals surface area contributed by atoms with Gasteiger partial charge in [-0.05, 0) is 154 Å². The number of hydrogen-bond donors (Lipinski definition) is 0. The number of carbonyl (C=O) groups is 3. The third-order valence-corrected chi connectivity index (χ3v) is 16.7. The van der Waals surface area contributed by atoms with Crippen LogP contribution in [0.5, 0.6) is 0 Å². The third-order valence-electron chi connectivity index (χ3n) is 16.7. The van der Waals surface area contributed by atoms with Crippen LogP contribution in [0.15, 0.2) is 219 Å². The summed E-state index contributed by atoms with van der Waals surface area (Å²) < 4.78 is 22.8. The third kappa shape index (κ3) is 82.8. The number of carboxylic acids is 1. The zero-order valence-electron chi connectivity index (χ0n) is 66.1. The van der Waals surface area contributed by atoms with Crippen molar-refractivity contribution in [1.29, 1.82) is 0 Å². The van der Waals surface area contributed by atoms with Crippen LogP contribution in [0.2, 0.25) is 0 Å². The van der Waals surface area contributed by atoms with Crippen molar-refractivity contribution in [1.82, 2.24) is 0 Å². The van der Waals surface area contributed by atoms with Gasteiger partial charge in [-0.3, -0.25) is 9.59 Å². The maximum atomic E-state index is 13.0. The smallest absolute Gasteiger partial charge is 0.306 e. The lowest BCUT2D eigenvalue weighted by Gasteiger charge is -2.26. The molecule has 0 aromatic carbocycles. The Morgan fingerprint density at radius 2 is 0.524 bits per heavy atom. The van der Waals surface area contributed by atoms with E-state index in [9.17, 15) is 19.5 Å². The fraction of sp³-hybridized carbons (Fsp3) is 0.585. The van der Waals surface area contributed by atoms with Crippen LogP contribution in [0.1, 0.15) is 296 Å². The average molecular weight is 1420 g/mol. The monoisotopic (exact) mass is 1420 g/mol. The van der Waals surface area contributed by atoms with Gasteiger partial charge < -0.3 is 33.3 Å². The quantitative estimate of drug-likeness (QED) is 0.0195. The van der Waals surface area contributed by atoms with Crippen molar-refractivity contribution in [2.45, 2.75) is 309 Å². The van der Waals surface area contributed by atoms with Crippen LogP contribution in [0.25, 0.3) is 0 Å². The molecular formula is C94H149NO8. The number of carboxylic acid groups (broad SMARTS) is 1. The number of esters is 2. The first-order valence-electron chi connectivity index (χ1n) is 40.9. The van der Waals surface area contributed by atoms with Gasteiger partial charge >= 0.3 is 11.9 Å². The van der Waals surface area contributed by atoms with E-state index >= 15 is 0 Å². The topological polar surface area (TPSA) is 111 Å². The summed E-state index contributed by atoms with van der Waals surface area (Å²) in [6, 6.07) is 0. The molecule has 0 heterocycles. The fourth-order valence-electron chi connectivity index (χ4n) is 10.6. The highest BCUT2D eigenvalue weighted by molar-refractivity contribution is 5.70. The zero-order valence-corrected chi connectivity index (χ0v) is 66.1. The van der Waals surface area contributed by atoms with Crippen molar-refractivity contribution in [3.05, 3.63) is 219 Å². The van der Waals surface area contributed by atoms with Crippen LogP contribution >= 0.6 is 0 Å². The highest BCUT2D eigenvalue weighted by Gasteiger charge is 2.22. The second kappa shape index (κ2) is 81.3. The molecule has 0 fully saturated rings. The maximum absolute atomic E-state index is 13.0. The summed E-state index contributed by atoms with van der Waals surface area (Å²) in [5.74, 6) is -2.33. The number of quaternary nitrogens is 1. The highest BCUT2D eigenvalue weighted by atomic mass is 16.7. The molecule has 0 aliphatic heterocycles. The van der Waals surface area contributed by atoms with Crippen LogP contribution in [0.3, 0.4) is 0 Å². The van der Waals surface area contributed by atoms with Crippen LogP contribution < -0.4 is 5.11 Å². The minimum absolute atomic E-state index is 0.132. The number of aliphatic carboxylic acids is 1. The second-order valence-corrected chi connectivity index (χ2v) is 27.6. The molecule has 0 radical (unpaired) electrons. The molecule has 0 rings (SSSR count). The van der Waals surface area contributed by atoms with Gasteiger partial charge in [0.2, 0.25) is 0 Å². The molecule has 0 saturated carbocycles. The molecule has 0 aromatic rings. The van der Waals surface area contributed by atoms with Crippen LogP contribution in [-0.2, 0) is 33.3 Å². The minimum atomic E-state index is -1.64. The summed E-state index contributed by atoms with van der Waals surface area (Å²) in [5.41, 5.74) is 0. The standard InChI is InChI=1S/C94H149NO8/c1-6-8-10-12-14-16-18-20-22-24-26-28-30-32-34-36-38-40-42-44-45-46-47-49-51-53-55-57-59-61-63-65-67-69-71-73-75-77-79-81-83-85-92(97)103-90(89-102-94(93(98)99)100-87-86-95(3,4)5)88-101-91(96)84-82-80-78-76-74-72-70-68-66-64-62-60-58-56-54-52-50-48-43-41-39-37-35-33-31-29-27-25-23-21-19-17-15-13-11-9-7-2/h8-11,14-17,20-23,26-29,32-35,38-41,44-45,47,49,53,55,59,61,65,67,71,73,90,94H,6-7,12-13,18-19,24-25,30-31,36-37,42-43,46,48,50-52,54,56-58,60,62-64,66,68-70,72,74-89H2,1-5H3/b10-8-,11-9-,16-14-,17-15-,22-20-,23-21-,28-26-,29-27-,34-32-,35-33-,40-38-,41-39-,45-44-,49-47-,55-53-,61-59-,67-65-,73-71-. The molecule has 0 aliphatic rings. The van der Waals surface area contributed by atoms with Gasteiger partial charge in [-0.2, -0.15) is 0 Å². The summed E-state index contributed by atoms with van der Waals surface area (Å²) in [7, 11) is 5.92. The first kappa shape index (κ1) is 96.6. The zero-order chi connectivity index (χ0) is 74.6. The molecule has 0 bridgehead atoms. The molecule has 578 valence electrons. The predicted molar refractivity (Wildman–Crippen MR) is 443 cm³/mol. The van der Waals surface area contributed by atoms with Crippen molar-refractivity contribution in [3.63, 3.8) is 0 Å². The van der Waals surface area contributed by atoms with E-state index in [1.54, 1.807) is 0 Å². The predicted octanol–water partition coefficient (Wildman–Crippen LogP) is 25.5. The van der Waals surface area contributed by atoms with E-state index in [4.69, 9.17) is 18.9 Å². The molecule has 9 heteroatoms. The van der Waals surface area contributed by atoms with Crippen molar-refractivity contribution < 1.29 is 42.9 Å². The van der Waals surface area contributed by atoms with Gasteiger partial charge in [0.25, 0.3) is 0 Å². The van der Waals surface area contributed by atoms with Crippen LogP contribution in [0.4, 0.5) is 0 Å². The Balaban J connectivity index is 4.15. The van der Waals surface area contributed by atoms with E-state index in [0.29, 0.717) is 17.4 Å². The number of carbonyl (C=O) groups excluding carboxylic acids is 3. The fourth-order valence-corrected chi connectivity index (χ4v) is 10.6. The molecular weight excluding hydrogens is 1270 g/mol. The summed E-state index contributed by atoms with van der Waals surface area (Å²) in [4.78, 5) is 37.6. The van der Waals surface area contributed by atoms with E-state index < -0.39 is 24.3 Å². The van der Waals surface area contributed by atoms with E-state index in [0.717, 1.165) is 161 Å².